The molecule has 1 aromatic carbocycles. The standard InChI is InChI=1S/C15H11IO4S/c1-3-10-12(4-2)21-13-6-5-9(7-11(13)15(10)18)19-8-14(17)20-16/h3-7H,1-2,8H2. The van der Waals surface area contributed by atoms with Crippen LogP contribution in [0.15, 0.2) is 36.2 Å². The van der Waals surface area contributed by atoms with E-state index in [1.54, 1.807) is 24.3 Å². The first-order chi connectivity index (χ1) is 10.1. The number of hydrogen-bond acceptors (Lipinski definition) is 5. The molecule has 0 atom stereocenters. The molecule has 1 heterocycles. The van der Waals surface area contributed by atoms with Gasteiger partial charge in [-0.25, -0.2) is 4.79 Å². The maximum Gasteiger partial charge on any atom is 0.353 e. The Hall–Kier alpha value is -1.67. The zero-order valence-electron chi connectivity index (χ0n) is 10.9. The Morgan fingerprint density at radius 3 is 2.71 bits per heavy atom. The van der Waals surface area contributed by atoms with E-state index in [4.69, 9.17) is 4.74 Å². The van der Waals surface area contributed by atoms with Crippen LogP contribution in [0.4, 0.5) is 0 Å². The molecule has 0 unspecified atom stereocenters. The van der Waals surface area contributed by atoms with Crippen LogP contribution in [0.2, 0.25) is 0 Å². The van der Waals surface area contributed by atoms with Gasteiger partial charge in [-0.15, -0.1) is 11.3 Å². The maximum atomic E-state index is 12.4. The highest BCUT2D eigenvalue weighted by molar-refractivity contribution is 14.1. The second-order valence-electron chi connectivity index (χ2n) is 4.01. The summed E-state index contributed by atoms with van der Waals surface area (Å²) in [6.07, 6.45) is 3.17. The molecule has 0 aliphatic heterocycles. The molecule has 0 spiro atoms. The molecule has 0 aliphatic rings. The summed E-state index contributed by atoms with van der Waals surface area (Å²) < 4.78 is 10.6. The van der Waals surface area contributed by atoms with Crippen LogP contribution in [-0.2, 0) is 7.86 Å². The summed E-state index contributed by atoms with van der Waals surface area (Å²) in [5, 5.41) is 0.529. The molecule has 0 N–H and O–H groups in total. The van der Waals surface area contributed by atoms with Crippen molar-refractivity contribution in [1.82, 2.24) is 0 Å². The van der Waals surface area contributed by atoms with E-state index in [9.17, 15) is 9.59 Å². The second-order valence-corrected chi connectivity index (χ2v) is 5.54. The first kappa shape index (κ1) is 15.7. The van der Waals surface area contributed by atoms with Gasteiger partial charge in [0.25, 0.3) is 0 Å². The van der Waals surface area contributed by atoms with Crippen LogP contribution >= 0.6 is 34.3 Å². The number of hydrogen-bond donors (Lipinski definition) is 0. The topological polar surface area (TPSA) is 52.6 Å². The average Bonchev–Trinajstić information content (AvgIpc) is 2.52. The Labute approximate surface area is 139 Å². The van der Waals surface area contributed by atoms with Gasteiger partial charge in [-0.1, -0.05) is 25.3 Å². The predicted octanol–water partition coefficient (Wildman–Crippen LogP) is 3.82. The molecule has 0 saturated heterocycles. The van der Waals surface area contributed by atoms with Crippen molar-refractivity contribution in [3.63, 3.8) is 0 Å². The summed E-state index contributed by atoms with van der Waals surface area (Å²) in [5.41, 5.74) is 0.391. The monoisotopic (exact) mass is 414 g/mol. The molecular weight excluding hydrogens is 403 g/mol. The highest BCUT2D eigenvalue weighted by Crippen LogP contribution is 2.26. The molecule has 0 saturated carbocycles. The minimum absolute atomic E-state index is 0.129. The second kappa shape index (κ2) is 6.86. The number of fused-ring (bicyclic) bond motifs is 1. The summed E-state index contributed by atoms with van der Waals surface area (Å²) in [6.45, 7) is 7.17. The molecule has 2 aromatic rings. The van der Waals surface area contributed by atoms with E-state index in [-0.39, 0.29) is 12.0 Å². The first-order valence-electron chi connectivity index (χ1n) is 5.90. The van der Waals surface area contributed by atoms with E-state index in [1.807, 2.05) is 0 Å². The van der Waals surface area contributed by atoms with Gasteiger partial charge in [-0.05, 0) is 18.2 Å². The quantitative estimate of drug-likeness (QED) is 0.699. The Morgan fingerprint density at radius 2 is 2.10 bits per heavy atom. The molecule has 4 nitrogen and oxygen atoms in total. The van der Waals surface area contributed by atoms with Gasteiger partial charge in [0.15, 0.2) is 35.0 Å². The third-order valence-electron chi connectivity index (χ3n) is 2.76. The lowest BCUT2D eigenvalue weighted by Crippen LogP contribution is -2.11. The van der Waals surface area contributed by atoms with Gasteiger partial charge in [0.05, 0.1) is 0 Å². The summed E-state index contributed by atoms with van der Waals surface area (Å²) in [6, 6.07) is 5.11. The lowest BCUT2D eigenvalue weighted by molar-refractivity contribution is -0.133. The molecule has 6 heteroatoms. The van der Waals surface area contributed by atoms with E-state index in [0.717, 1.165) is 9.58 Å². The smallest absolute Gasteiger partial charge is 0.353 e. The Bertz CT molecular complexity index is 779. The van der Waals surface area contributed by atoms with E-state index < -0.39 is 5.97 Å². The van der Waals surface area contributed by atoms with Crippen LogP contribution in [0.5, 0.6) is 5.75 Å². The summed E-state index contributed by atoms with van der Waals surface area (Å²) >= 11 is 2.95. The van der Waals surface area contributed by atoms with Crippen molar-refractivity contribution in [2.24, 2.45) is 0 Å². The molecule has 108 valence electrons. The predicted molar refractivity (Wildman–Crippen MR) is 93.9 cm³/mol. The number of ether oxygens (including phenoxy) is 1. The lowest BCUT2D eigenvalue weighted by atomic mass is 10.1. The number of halogens is 1. The third-order valence-corrected chi connectivity index (χ3v) is 4.43. The van der Waals surface area contributed by atoms with Crippen molar-refractivity contribution < 1.29 is 12.6 Å². The van der Waals surface area contributed by atoms with Crippen molar-refractivity contribution in [1.29, 1.82) is 0 Å². The minimum atomic E-state index is -0.491. The highest BCUT2D eigenvalue weighted by Gasteiger charge is 2.10. The molecule has 0 aliphatic carbocycles. The van der Waals surface area contributed by atoms with E-state index in [0.29, 0.717) is 16.7 Å². The Morgan fingerprint density at radius 1 is 1.33 bits per heavy atom. The molecule has 21 heavy (non-hydrogen) atoms. The summed E-state index contributed by atoms with van der Waals surface area (Å²) in [4.78, 5) is 24.3. The molecular formula is C15H11IO4S. The molecule has 2 rings (SSSR count). The lowest BCUT2D eigenvalue weighted by Gasteiger charge is -2.07. The maximum absolute atomic E-state index is 12.4. The van der Waals surface area contributed by atoms with Gasteiger partial charge < -0.3 is 7.80 Å². The normalized spacial score (nSPS) is 10.1. The summed E-state index contributed by atoms with van der Waals surface area (Å²) in [7, 11) is 0. The van der Waals surface area contributed by atoms with Crippen LogP contribution in [0.25, 0.3) is 22.2 Å². The van der Waals surface area contributed by atoms with Crippen LogP contribution in [0, 0.1) is 0 Å². The highest BCUT2D eigenvalue weighted by atomic mass is 127. The third kappa shape index (κ3) is 3.33. The fourth-order valence-corrected chi connectivity index (χ4v) is 2.94. The molecule has 0 bridgehead atoms. The van der Waals surface area contributed by atoms with Crippen molar-refractivity contribution in [2.45, 2.75) is 0 Å². The molecule has 1 aromatic heterocycles. The average molecular weight is 414 g/mol. The van der Waals surface area contributed by atoms with Gasteiger partial charge in [0.2, 0.25) is 0 Å². The molecule has 0 amide bonds. The van der Waals surface area contributed by atoms with Crippen molar-refractivity contribution in [3.05, 3.63) is 52.0 Å². The van der Waals surface area contributed by atoms with Gasteiger partial charge in [-0.2, -0.15) is 0 Å². The number of carbonyl (C=O) groups is 1. The molecule has 0 radical (unpaired) electrons. The summed E-state index contributed by atoms with van der Waals surface area (Å²) in [5.74, 6) is -0.0513. The zero-order valence-corrected chi connectivity index (χ0v) is 13.9. The van der Waals surface area contributed by atoms with Crippen LogP contribution in [0.1, 0.15) is 10.4 Å². The van der Waals surface area contributed by atoms with Gasteiger partial charge in [0.1, 0.15) is 5.75 Å². The first-order valence-corrected chi connectivity index (χ1v) is 7.60. The molecule has 0 fully saturated rings. The van der Waals surface area contributed by atoms with E-state index in [1.165, 1.54) is 40.4 Å². The van der Waals surface area contributed by atoms with E-state index in [2.05, 4.69) is 16.2 Å². The van der Waals surface area contributed by atoms with Gasteiger partial charge in [-0.3, -0.25) is 4.79 Å². The Balaban J connectivity index is 2.50. The van der Waals surface area contributed by atoms with Crippen molar-refractivity contribution in [2.75, 3.05) is 6.61 Å². The Kier molecular flexibility index (Phi) is 5.13. The number of benzene rings is 1. The van der Waals surface area contributed by atoms with E-state index >= 15 is 0 Å². The fraction of sp³-hybridized carbons (Fsp3) is 0.0667. The van der Waals surface area contributed by atoms with Crippen LogP contribution in [0.3, 0.4) is 0 Å². The van der Waals surface area contributed by atoms with Gasteiger partial charge >= 0.3 is 5.97 Å². The van der Waals surface area contributed by atoms with Crippen molar-refractivity contribution in [3.8, 4) is 5.75 Å². The number of rotatable bonds is 5. The largest absolute Gasteiger partial charge is 0.482 e. The minimum Gasteiger partial charge on any atom is -0.482 e. The number of carbonyl (C=O) groups excluding carboxylic acids is 1. The van der Waals surface area contributed by atoms with Crippen LogP contribution in [-0.4, -0.2) is 12.6 Å². The zero-order chi connectivity index (χ0) is 15.4. The fourth-order valence-electron chi connectivity index (χ4n) is 1.81. The SMILES string of the molecule is C=Cc1sc2ccc(OCC(=O)OI)cc2c(=O)c1C=C. The van der Waals surface area contributed by atoms with Crippen molar-refractivity contribution >= 4 is 62.6 Å². The van der Waals surface area contributed by atoms with Gasteiger partial charge in [0, 0.05) is 20.5 Å². The van der Waals surface area contributed by atoms with Crippen LogP contribution < -0.4 is 10.2 Å².